The van der Waals surface area contributed by atoms with Crippen molar-refractivity contribution in [3.05, 3.63) is 49.6 Å². The van der Waals surface area contributed by atoms with Gasteiger partial charge in [-0.15, -0.1) is 13.2 Å². The molecule has 0 amide bonds. The van der Waals surface area contributed by atoms with Crippen LogP contribution in [0, 0.1) is 11.8 Å². The van der Waals surface area contributed by atoms with E-state index in [9.17, 15) is 5.11 Å². The maximum Gasteiger partial charge on any atom is 0.192 e. The van der Waals surface area contributed by atoms with E-state index in [1.54, 1.807) is 13.2 Å². The van der Waals surface area contributed by atoms with Crippen LogP contribution in [0.4, 0.5) is 0 Å². The summed E-state index contributed by atoms with van der Waals surface area (Å²) in [6.45, 7) is 40.7. The van der Waals surface area contributed by atoms with Gasteiger partial charge in [-0.2, -0.15) is 0 Å². The molecule has 8 saturated heterocycles. The molecule has 0 aromatic carbocycles. The number of hydrogen-bond acceptors (Lipinski definition) is 12. The van der Waals surface area contributed by atoms with Crippen LogP contribution >= 0.6 is 0 Å². The molecule has 0 radical (unpaired) electrons. The molecule has 6 bridgehead atoms. The zero-order chi connectivity index (χ0) is 54.3. The number of rotatable bonds is 33. The highest BCUT2D eigenvalue weighted by atomic mass is 28.4. The Hall–Kier alpha value is -0.869. The van der Waals surface area contributed by atoms with Crippen LogP contribution in [-0.4, -0.2) is 147 Å². The molecule has 8 rings (SSSR count). The van der Waals surface area contributed by atoms with Gasteiger partial charge in [0.25, 0.3) is 0 Å². The summed E-state index contributed by atoms with van der Waals surface area (Å²) in [4.78, 5) is 0. The fourth-order valence-corrected chi connectivity index (χ4v) is 23.0. The quantitative estimate of drug-likeness (QED) is 0.0497. The summed E-state index contributed by atoms with van der Waals surface area (Å²) in [6.07, 6.45) is 9.92. The predicted octanol–water partition coefficient (Wildman–Crippen LogP) is 12.9. The Kier molecular flexibility index (Phi) is 22.4. The first kappa shape index (κ1) is 61.7. The van der Waals surface area contributed by atoms with Crippen LogP contribution in [0.15, 0.2) is 49.6 Å². The minimum absolute atomic E-state index is 0.0305. The third-order valence-electron chi connectivity index (χ3n) is 20.2. The van der Waals surface area contributed by atoms with Crippen molar-refractivity contribution in [2.45, 2.75) is 304 Å². The van der Waals surface area contributed by atoms with Crippen molar-refractivity contribution in [1.82, 2.24) is 0 Å². The second kappa shape index (κ2) is 27.3. The number of methoxy groups -OCH3 is 1. The Balaban J connectivity index is 0.987. The summed E-state index contributed by atoms with van der Waals surface area (Å²) in [7, 11) is -4.07. The smallest absolute Gasteiger partial charge is 0.192 e. The molecular formula is C60H106O12Si3. The number of ether oxygens (including phenoxy) is 8. The number of aliphatic hydroxyl groups excluding tert-OH is 1. The van der Waals surface area contributed by atoms with Crippen LogP contribution in [0.1, 0.15) is 146 Å². The van der Waals surface area contributed by atoms with Crippen molar-refractivity contribution >= 4 is 25.0 Å². The van der Waals surface area contributed by atoms with E-state index < -0.39 is 36.8 Å². The van der Waals surface area contributed by atoms with Crippen LogP contribution in [0.3, 0.4) is 0 Å². The van der Waals surface area contributed by atoms with Crippen molar-refractivity contribution < 1.29 is 56.3 Å². The highest BCUT2D eigenvalue weighted by molar-refractivity contribution is 6.74. The summed E-state index contributed by atoms with van der Waals surface area (Å²) in [6, 6.07) is 9.66. The fraction of sp³-hybridized carbons (Fsp3) is 0.867. The molecule has 0 spiro atoms. The molecule has 8 aliphatic rings. The Labute approximate surface area is 458 Å². The van der Waals surface area contributed by atoms with Crippen molar-refractivity contribution in [3.63, 3.8) is 0 Å². The molecule has 8 aliphatic heterocycles. The van der Waals surface area contributed by atoms with Gasteiger partial charge in [0.15, 0.2) is 30.7 Å². The number of aliphatic hydroxyl groups is 1. The molecule has 0 aliphatic carbocycles. The highest BCUT2D eigenvalue weighted by Crippen LogP contribution is 2.54. The average Bonchev–Trinajstić information content (AvgIpc) is 4.10. The summed E-state index contributed by atoms with van der Waals surface area (Å²) in [5, 5.41) is 11.3. The van der Waals surface area contributed by atoms with Crippen molar-refractivity contribution in [2.75, 3.05) is 13.7 Å². The lowest BCUT2D eigenvalue weighted by molar-refractivity contribution is -0.271. The van der Waals surface area contributed by atoms with Gasteiger partial charge in [0.1, 0.15) is 30.5 Å². The summed E-state index contributed by atoms with van der Waals surface area (Å²) in [5.74, 6) is -0.522. The standard InChI is InChI=1S/C60H106O12Si3/c1-16-27-43(61)35-47-51(66-52(54(47)62-15)36-46(71-74(21-6,22-7)23-8)39-63-73(18-3,19-4)20-5)37-50-42(14)40(12)33-44(65-50)29-30-48-41(13)34-45(64-48)31-32-60-38-53-55(69-60)57-58(68-53)59(70-60)56(49(67-57)28-17-2)72-75(24-9,25-10)26-11/h16-17,40,43-59,61H,1-2,13-14,18-39H2,3-12,15H3/t40-,43?,44+,45+,46+,47+,48+,49+,50-,51+,52-,53-,54-,55+,56+,57+,58-,59+,60?/m1/s1. The van der Waals surface area contributed by atoms with E-state index in [-0.39, 0.29) is 103 Å². The molecular weight excluding hydrogens is 997 g/mol. The summed E-state index contributed by atoms with van der Waals surface area (Å²) < 4.78 is 76.9. The van der Waals surface area contributed by atoms with Crippen LogP contribution in [0.2, 0.25) is 54.4 Å². The Morgan fingerprint density at radius 3 is 1.95 bits per heavy atom. The van der Waals surface area contributed by atoms with E-state index in [4.69, 9.17) is 51.2 Å². The molecule has 12 nitrogen and oxygen atoms in total. The summed E-state index contributed by atoms with van der Waals surface area (Å²) >= 11 is 0. The Bertz CT molecular complexity index is 1820. The first-order chi connectivity index (χ1) is 36.0. The van der Waals surface area contributed by atoms with Gasteiger partial charge < -0.3 is 56.3 Å². The van der Waals surface area contributed by atoms with Crippen LogP contribution in [0.5, 0.6) is 0 Å². The van der Waals surface area contributed by atoms with E-state index in [2.05, 4.69) is 95.6 Å². The van der Waals surface area contributed by atoms with E-state index >= 15 is 0 Å². The Morgan fingerprint density at radius 1 is 0.680 bits per heavy atom. The van der Waals surface area contributed by atoms with E-state index in [1.807, 2.05) is 6.08 Å². The molecule has 0 aromatic rings. The largest absolute Gasteiger partial charge is 0.414 e. The first-order valence-electron chi connectivity index (χ1n) is 30.4. The molecule has 75 heavy (non-hydrogen) atoms. The van der Waals surface area contributed by atoms with E-state index in [0.29, 0.717) is 51.6 Å². The third-order valence-corrected chi connectivity index (χ3v) is 34.2. The maximum absolute atomic E-state index is 11.3. The molecule has 2 unspecified atom stereocenters. The van der Waals surface area contributed by atoms with Crippen molar-refractivity contribution in [1.29, 1.82) is 0 Å². The fourth-order valence-electron chi connectivity index (χ4n) is 14.6. The molecule has 430 valence electrons. The van der Waals surface area contributed by atoms with Gasteiger partial charge in [0, 0.05) is 38.7 Å². The van der Waals surface area contributed by atoms with Gasteiger partial charge >= 0.3 is 0 Å². The van der Waals surface area contributed by atoms with Crippen molar-refractivity contribution in [3.8, 4) is 0 Å². The van der Waals surface area contributed by atoms with Gasteiger partial charge in [-0.25, -0.2) is 0 Å². The van der Waals surface area contributed by atoms with Crippen LogP contribution in [-0.2, 0) is 51.2 Å². The van der Waals surface area contributed by atoms with Gasteiger partial charge in [0.2, 0.25) is 0 Å². The normalized spacial score (nSPS) is 37.6. The molecule has 8 fully saturated rings. The predicted molar refractivity (Wildman–Crippen MR) is 307 cm³/mol. The second-order valence-electron chi connectivity index (χ2n) is 24.1. The lowest BCUT2D eigenvalue weighted by atomic mass is 9.81. The third kappa shape index (κ3) is 13.7. The van der Waals surface area contributed by atoms with Gasteiger partial charge in [-0.1, -0.05) is 94.5 Å². The molecule has 15 heteroatoms. The molecule has 0 aromatic heterocycles. The van der Waals surface area contributed by atoms with Gasteiger partial charge in [-0.05, 0) is 123 Å². The first-order valence-corrected chi connectivity index (χ1v) is 38.0. The Morgan fingerprint density at radius 2 is 1.32 bits per heavy atom. The average molecular weight is 1100 g/mol. The molecule has 1 N–H and O–H groups in total. The SMILES string of the molecule is C=CCC(O)C[C@@H]1[C@@H](OC)[C@@H](C[C@@H](CO[Si](CC)(CC)CC)O[Si](CC)(CC)CC)O[C@H]1C[C@H]1O[C@@H](CC[C@@H]2O[C@@H](CCC34C[C@H]5O[C@H]6[C@@H](O3)[C@@H](O[Si](CC)(CC)CC)[C@H](CC=C)O[C@H]6[C@H]5O4)CC2=C)C[C@@H](C)C1=C. The topological polar surface area (TPSA) is 122 Å². The van der Waals surface area contributed by atoms with E-state index in [1.165, 1.54) is 0 Å². The lowest BCUT2D eigenvalue weighted by Crippen LogP contribution is -2.62. The lowest BCUT2D eigenvalue weighted by Gasteiger charge is -2.47. The zero-order valence-corrected chi connectivity index (χ0v) is 51.9. The minimum atomic E-state index is -2.01. The van der Waals surface area contributed by atoms with Crippen molar-refractivity contribution in [2.24, 2.45) is 11.8 Å². The molecule has 0 saturated carbocycles. The van der Waals surface area contributed by atoms with E-state index in [0.717, 1.165) is 97.6 Å². The van der Waals surface area contributed by atoms with Gasteiger partial charge in [-0.3, -0.25) is 0 Å². The number of hydrogen-bond donors (Lipinski definition) is 1. The highest BCUT2D eigenvalue weighted by Gasteiger charge is 2.68. The minimum Gasteiger partial charge on any atom is -0.414 e. The maximum atomic E-state index is 11.3. The summed E-state index contributed by atoms with van der Waals surface area (Å²) in [5.41, 5.74) is 2.27. The molecule has 8 heterocycles. The van der Waals surface area contributed by atoms with Crippen LogP contribution in [0.25, 0.3) is 0 Å². The second-order valence-corrected chi connectivity index (χ2v) is 38.3. The molecule has 19 atom stereocenters. The monoisotopic (exact) mass is 1100 g/mol. The van der Waals surface area contributed by atoms with Gasteiger partial charge in [0.05, 0.1) is 73.8 Å². The zero-order valence-electron chi connectivity index (χ0n) is 48.9. The van der Waals surface area contributed by atoms with Crippen LogP contribution < -0.4 is 0 Å².